The van der Waals surface area contributed by atoms with E-state index in [1.165, 1.54) is 24.6 Å². The summed E-state index contributed by atoms with van der Waals surface area (Å²) in [5.41, 5.74) is 2.30. The molecule has 3 nitrogen and oxygen atoms in total. The predicted molar refractivity (Wildman–Crippen MR) is 82.3 cm³/mol. The van der Waals surface area contributed by atoms with Gasteiger partial charge in [0.05, 0.1) is 7.11 Å². The van der Waals surface area contributed by atoms with Gasteiger partial charge in [-0.2, -0.15) is 5.10 Å². The van der Waals surface area contributed by atoms with Crippen LogP contribution in [0.3, 0.4) is 0 Å². The SMILES string of the molecule is COc1ccc(F)cc1C1CCCCC1C1=NN(C)CC1. The molecule has 4 heteroatoms. The van der Waals surface area contributed by atoms with Crippen LogP contribution < -0.4 is 4.74 Å². The van der Waals surface area contributed by atoms with Crippen LogP contribution >= 0.6 is 0 Å². The van der Waals surface area contributed by atoms with Crippen molar-refractivity contribution >= 4 is 5.71 Å². The van der Waals surface area contributed by atoms with Crippen molar-refractivity contribution in [2.45, 2.75) is 38.0 Å². The van der Waals surface area contributed by atoms with E-state index in [4.69, 9.17) is 4.74 Å². The van der Waals surface area contributed by atoms with Crippen LogP contribution in [0.5, 0.6) is 5.75 Å². The average Bonchev–Trinajstić information content (AvgIpc) is 2.93. The zero-order valence-corrected chi connectivity index (χ0v) is 12.8. The van der Waals surface area contributed by atoms with Gasteiger partial charge in [-0.1, -0.05) is 12.8 Å². The fourth-order valence-corrected chi connectivity index (χ4v) is 3.75. The Morgan fingerprint density at radius 3 is 2.67 bits per heavy atom. The predicted octanol–water partition coefficient (Wildman–Crippen LogP) is 3.80. The van der Waals surface area contributed by atoms with Gasteiger partial charge < -0.3 is 4.74 Å². The molecule has 1 aromatic rings. The Bertz CT molecular complexity index is 544. The van der Waals surface area contributed by atoms with Crippen LogP contribution in [0, 0.1) is 11.7 Å². The van der Waals surface area contributed by atoms with Crippen molar-refractivity contribution in [2.75, 3.05) is 20.7 Å². The number of hydrazone groups is 1. The molecule has 21 heavy (non-hydrogen) atoms. The molecule has 1 fully saturated rings. The van der Waals surface area contributed by atoms with Crippen LogP contribution in [0.15, 0.2) is 23.3 Å². The van der Waals surface area contributed by atoms with Crippen LogP contribution in [0.1, 0.15) is 43.6 Å². The summed E-state index contributed by atoms with van der Waals surface area (Å²) in [6.45, 7) is 0.999. The molecule has 1 aromatic carbocycles. The minimum absolute atomic E-state index is 0.180. The van der Waals surface area contributed by atoms with Gasteiger partial charge in [-0.3, -0.25) is 5.01 Å². The molecule has 1 aliphatic heterocycles. The molecule has 0 bridgehead atoms. The summed E-state index contributed by atoms with van der Waals surface area (Å²) in [7, 11) is 3.68. The van der Waals surface area contributed by atoms with E-state index in [0.29, 0.717) is 11.8 Å². The molecule has 2 aliphatic rings. The summed E-state index contributed by atoms with van der Waals surface area (Å²) in [6.07, 6.45) is 5.71. The van der Waals surface area contributed by atoms with Gasteiger partial charge >= 0.3 is 0 Å². The van der Waals surface area contributed by atoms with E-state index in [1.807, 2.05) is 12.1 Å². The monoisotopic (exact) mass is 290 g/mol. The van der Waals surface area contributed by atoms with Crippen molar-refractivity contribution in [3.8, 4) is 5.75 Å². The first kappa shape index (κ1) is 14.4. The highest BCUT2D eigenvalue weighted by Gasteiger charge is 2.33. The first-order valence-corrected chi connectivity index (χ1v) is 7.81. The molecule has 2 unspecified atom stereocenters. The molecule has 0 N–H and O–H groups in total. The highest BCUT2D eigenvalue weighted by atomic mass is 19.1. The van der Waals surface area contributed by atoms with Gasteiger partial charge in [0.1, 0.15) is 11.6 Å². The number of methoxy groups -OCH3 is 1. The number of nitrogens with zero attached hydrogens (tertiary/aromatic N) is 2. The third-order valence-corrected chi connectivity index (χ3v) is 4.78. The number of hydrogen-bond acceptors (Lipinski definition) is 3. The summed E-state index contributed by atoms with van der Waals surface area (Å²) in [4.78, 5) is 0. The standard InChI is InChI=1S/C17H23FN2O/c1-20-10-9-16(19-20)14-6-4-3-5-13(14)15-11-12(18)7-8-17(15)21-2/h7-8,11,13-14H,3-6,9-10H2,1-2H3. The van der Waals surface area contributed by atoms with Crippen LogP contribution in [-0.2, 0) is 0 Å². The third kappa shape index (κ3) is 2.89. The smallest absolute Gasteiger partial charge is 0.123 e. The minimum atomic E-state index is -0.180. The summed E-state index contributed by atoms with van der Waals surface area (Å²) in [6, 6.07) is 4.88. The van der Waals surface area contributed by atoms with E-state index >= 15 is 0 Å². The van der Waals surface area contributed by atoms with Crippen molar-refractivity contribution in [3.05, 3.63) is 29.6 Å². The summed E-state index contributed by atoms with van der Waals surface area (Å²) < 4.78 is 19.2. The number of halogens is 1. The van der Waals surface area contributed by atoms with E-state index in [-0.39, 0.29) is 5.82 Å². The Labute approximate surface area is 125 Å². The molecule has 2 atom stereocenters. The summed E-state index contributed by atoms with van der Waals surface area (Å²) in [5.74, 6) is 1.38. The maximum Gasteiger partial charge on any atom is 0.123 e. The van der Waals surface area contributed by atoms with Gasteiger partial charge in [0.2, 0.25) is 0 Å². The molecular formula is C17H23FN2O. The largest absolute Gasteiger partial charge is 0.496 e. The second kappa shape index (κ2) is 6.04. The van der Waals surface area contributed by atoms with Crippen molar-refractivity contribution in [2.24, 2.45) is 11.0 Å². The molecule has 0 saturated heterocycles. The fourth-order valence-electron chi connectivity index (χ4n) is 3.75. The van der Waals surface area contributed by atoms with Gasteiger partial charge in [-0.15, -0.1) is 0 Å². The molecule has 0 aromatic heterocycles. The quantitative estimate of drug-likeness (QED) is 0.846. The molecular weight excluding hydrogens is 267 g/mol. The Hall–Kier alpha value is -1.58. The molecule has 1 aliphatic carbocycles. The second-order valence-corrected chi connectivity index (χ2v) is 6.11. The molecule has 114 valence electrons. The van der Waals surface area contributed by atoms with Crippen LogP contribution in [0.2, 0.25) is 0 Å². The third-order valence-electron chi connectivity index (χ3n) is 4.78. The molecule has 1 saturated carbocycles. The highest BCUT2D eigenvalue weighted by Crippen LogP contribution is 2.43. The first-order chi connectivity index (χ1) is 10.2. The molecule has 3 rings (SSSR count). The minimum Gasteiger partial charge on any atom is -0.496 e. The van der Waals surface area contributed by atoms with Gasteiger partial charge in [0.15, 0.2) is 0 Å². The van der Waals surface area contributed by atoms with E-state index < -0.39 is 0 Å². The highest BCUT2D eigenvalue weighted by molar-refractivity contribution is 5.89. The van der Waals surface area contributed by atoms with Gasteiger partial charge in [0, 0.05) is 37.2 Å². The van der Waals surface area contributed by atoms with Crippen molar-refractivity contribution in [1.82, 2.24) is 5.01 Å². The van der Waals surface area contributed by atoms with Crippen molar-refractivity contribution < 1.29 is 9.13 Å². The lowest BCUT2D eigenvalue weighted by atomic mass is 9.72. The first-order valence-electron chi connectivity index (χ1n) is 7.81. The zero-order chi connectivity index (χ0) is 14.8. The molecule has 1 heterocycles. The number of hydrogen-bond donors (Lipinski definition) is 0. The maximum atomic E-state index is 13.7. The van der Waals surface area contributed by atoms with Crippen molar-refractivity contribution in [1.29, 1.82) is 0 Å². The van der Waals surface area contributed by atoms with Crippen LogP contribution in [-0.4, -0.2) is 31.4 Å². The number of rotatable bonds is 3. The fraction of sp³-hybridized carbons (Fsp3) is 0.588. The van der Waals surface area contributed by atoms with Crippen LogP contribution in [0.4, 0.5) is 4.39 Å². The van der Waals surface area contributed by atoms with E-state index in [2.05, 4.69) is 5.10 Å². The summed E-state index contributed by atoms with van der Waals surface area (Å²) in [5, 5.41) is 6.70. The second-order valence-electron chi connectivity index (χ2n) is 6.11. The average molecular weight is 290 g/mol. The molecule has 0 spiro atoms. The zero-order valence-electron chi connectivity index (χ0n) is 12.8. The Morgan fingerprint density at radius 2 is 2.00 bits per heavy atom. The van der Waals surface area contributed by atoms with Crippen molar-refractivity contribution in [3.63, 3.8) is 0 Å². The Kier molecular flexibility index (Phi) is 4.13. The van der Waals surface area contributed by atoms with E-state index in [9.17, 15) is 4.39 Å². The summed E-state index contributed by atoms with van der Waals surface area (Å²) >= 11 is 0. The lowest BCUT2D eigenvalue weighted by Gasteiger charge is -2.32. The topological polar surface area (TPSA) is 24.8 Å². The maximum absolute atomic E-state index is 13.7. The molecule has 0 amide bonds. The van der Waals surface area contributed by atoms with E-state index in [1.54, 1.807) is 19.2 Å². The number of ether oxygens (including phenoxy) is 1. The number of benzene rings is 1. The van der Waals surface area contributed by atoms with Crippen LogP contribution in [0.25, 0.3) is 0 Å². The Morgan fingerprint density at radius 1 is 1.24 bits per heavy atom. The lowest BCUT2D eigenvalue weighted by Crippen LogP contribution is -2.25. The van der Waals surface area contributed by atoms with Gasteiger partial charge in [-0.25, -0.2) is 4.39 Å². The van der Waals surface area contributed by atoms with E-state index in [0.717, 1.165) is 37.1 Å². The Balaban J connectivity index is 1.94. The molecule has 0 radical (unpaired) electrons. The normalized spacial score (nSPS) is 25.9. The lowest BCUT2D eigenvalue weighted by molar-refractivity contribution is 0.353. The van der Waals surface area contributed by atoms with Gasteiger partial charge in [-0.05, 0) is 37.0 Å². The van der Waals surface area contributed by atoms with Gasteiger partial charge in [0.25, 0.3) is 0 Å².